The van der Waals surface area contributed by atoms with E-state index in [0.717, 1.165) is 47.7 Å². The van der Waals surface area contributed by atoms with E-state index < -0.39 is 0 Å². The molecule has 0 radical (unpaired) electrons. The van der Waals surface area contributed by atoms with Crippen molar-refractivity contribution in [3.8, 4) is 0 Å². The molecule has 0 aromatic carbocycles. The Labute approximate surface area is 108 Å². The molecule has 0 amide bonds. The molecule has 1 aliphatic heterocycles. The van der Waals surface area contributed by atoms with Crippen molar-refractivity contribution in [1.82, 2.24) is 9.38 Å². The molecule has 1 aliphatic rings. The second kappa shape index (κ2) is 4.31. The summed E-state index contributed by atoms with van der Waals surface area (Å²) in [6.07, 6.45) is 4.08. The number of pyridine rings is 1. The molecule has 3 heterocycles. The van der Waals surface area contributed by atoms with Gasteiger partial charge in [-0.3, -0.25) is 0 Å². The summed E-state index contributed by atoms with van der Waals surface area (Å²) in [6.45, 7) is 1.64. The van der Waals surface area contributed by atoms with Gasteiger partial charge in [0.25, 0.3) is 0 Å². The van der Waals surface area contributed by atoms with Gasteiger partial charge in [0.05, 0.1) is 5.69 Å². The highest BCUT2D eigenvalue weighted by molar-refractivity contribution is 9.10. The molecule has 2 N–H and O–H groups in total. The van der Waals surface area contributed by atoms with E-state index in [9.17, 15) is 0 Å². The van der Waals surface area contributed by atoms with Gasteiger partial charge in [-0.2, -0.15) is 0 Å². The maximum absolute atomic E-state index is 5.98. The van der Waals surface area contributed by atoms with Crippen LogP contribution in [0.4, 0.5) is 5.69 Å². The number of imidazole rings is 1. The molecule has 90 valence electrons. The second-order valence-electron chi connectivity index (χ2n) is 4.33. The predicted octanol–water partition coefficient (Wildman–Crippen LogP) is 2.57. The first-order chi connectivity index (χ1) is 8.27. The van der Waals surface area contributed by atoms with Crippen LogP contribution in [0.25, 0.3) is 5.52 Å². The van der Waals surface area contributed by atoms with Crippen molar-refractivity contribution in [3.63, 3.8) is 0 Å². The van der Waals surface area contributed by atoms with Crippen LogP contribution in [0.15, 0.2) is 22.9 Å². The molecule has 17 heavy (non-hydrogen) atoms. The molecule has 3 rings (SSSR count). The van der Waals surface area contributed by atoms with Crippen LogP contribution in [0.1, 0.15) is 24.6 Å². The molecule has 2 aromatic heterocycles. The molecule has 0 atom stereocenters. The van der Waals surface area contributed by atoms with E-state index in [1.807, 2.05) is 18.3 Å². The first-order valence-electron chi connectivity index (χ1n) is 5.77. The van der Waals surface area contributed by atoms with Gasteiger partial charge in [0.2, 0.25) is 0 Å². The monoisotopic (exact) mass is 295 g/mol. The number of nitrogens with zero attached hydrogens (tertiary/aromatic N) is 2. The minimum absolute atomic E-state index is 0.462. The van der Waals surface area contributed by atoms with Crippen molar-refractivity contribution in [3.05, 3.63) is 28.8 Å². The number of nitrogen functional groups attached to an aromatic ring is 1. The van der Waals surface area contributed by atoms with Crippen molar-refractivity contribution >= 4 is 27.1 Å². The minimum Gasteiger partial charge on any atom is -0.397 e. The Balaban J connectivity index is 2.13. The summed E-state index contributed by atoms with van der Waals surface area (Å²) >= 11 is 3.49. The topological polar surface area (TPSA) is 52.5 Å². The number of fused-ring (bicyclic) bond motifs is 1. The smallest absolute Gasteiger partial charge is 0.134 e. The van der Waals surface area contributed by atoms with E-state index in [2.05, 4.69) is 25.3 Å². The quantitative estimate of drug-likeness (QED) is 0.880. The molecule has 0 saturated carbocycles. The lowest BCUT2D eigenvalue weighted by atomic mass is 10.00. The second-order valence-corrected chi connectivity index (χ2v) is 5.08. The Hall–Kier alpha value is -1.07. The van der Waals surface area contributed by atoms with Gasteiger partial charge < -0.3 is 14.9 Å². The lowest BCUT2D eigenvalue weighted by Gasteiger charge is -2.20. The maximum atomic E-state index is 5.98. The summed E-state index contributed by atoms with van der Waals surface area (Å²) in [7, 11) is 0. The standard InChI is InChI=1S/C12H14BrN3O/c13-11-10-9(14)2-1-5-16(10)12(15-11)8-3-6-17-7-4-8/h1-2,5,8H,3-4,6-7,14H2. The number of aromatic nitrogens is 2. The van der Waals surface area contributed by atoms with E-state index in [1.165, 1.54) is 0 Å². The van der Waals surface area contributed by atoms with Crippen molar-refractivity contribution in [2.75, 3.05) is 18.9 Å². The Morgan fingerprint density at radius 1 is 1.41 bits per heavy atom. The van der Waals surface area contributed by atoms with Gasteiger partial charge in [-0.1, -0.05) is 0 Å². The fourth-order valence-corrected chi connectivity index (χ4v) is 2.99. The highest BCUT2D eigenvalue weighted by Crippen LogP contribution is 2.31. The lowest BCUT2D eigenvalue weighted by molar-refractivity contribution is 0.0835. The summed E-state index contributed by atoms with van der Waals surface area (Å²) in [5.74, 6) is 1.55. The summed E-state index contributed by atoms with van der Waals surface area (Å²) in [5.41, 5.74) is 7.71. The van der Waals surface area contributed by atoms with E-state index in [0.29, 0.717) is 5.92 Å². The zero-order valence-electron chi connectivity index (χ0n) is 9.40. The fourth-order valence-electron chi connectivity index (χ4n) is 2.39. The lowest BCUT2D eigenvalue weighted by Crippen LogP contribution is -2.16. The number of ether oxygens (including phenoxy) is 1. The Morgan fingerprint density at radius 2 is 2.18 bits per heavy atom. The third-order valence-corrected chi connectivity index (χ3v) is 3.82. The van der Waals surface area contributed by atoms with Crippen LogP contribution in [0, 0.1) is 0 Å². The summed E-state index contributed by atoms with van der Waals surface area (Å²) in [4.78, 5) is 4.62. The molecule has 0 unspecified atom stereocenters. The fraction of sp³-hybridized carbons (Fsp3) is 0.417. The van der Waals surface area contributed by atoms with Gasteiger partial charge in [0.15, 0.2) is 0 Å². The van der Waals surface area contributed by atoms with E-state index >= 15 is 0 Å². The third kappa shape index (κ3) is 1.83. The zero-order chi connectivity index (χ0) is 11.8. The van der Waals surface area contributed by atoms with Crippen molar-refractivity contribution in [1.29, 1.82) is 0 Å². The molecule has 0 spiro atoms. The number of halogens is 1. The number of rotatable bonds is 1. The first-order valence-corrected chi connectivity index (χ1v) is 6.56. The molecule has 1 saturated heterocycles. The molecule has 1 fully saturated rings. The first kappa shape index (κ1) is 11.0. The Morgan fingerprint density at radius 3 is 2.94 bits per heavy atom. The van der Waals surface area contributed by atoms with Gasteiger partial charge in [-0.05, 0) is 40.9 Å². The van der Waals surface area contributed by atoms with Crippen molar-refractivity contribution in [2.24, 2.45) is 0 Å². The normalized spacial score (nSPS) is 17.7. The van der Waals surface area contributed by atoms with E-state index in [4.69, 9.17) is 10.5 Å². The van der Waals surface area contributed by atoms with Crippen LogP contribution < -0.4 is 5.73 Å². The average Bonchev–Trinajstić information content (AvgIpc) is 2.69. The van der Waals surface area contributed by atoms with Gasteiger partial charge in [0, 0.05) is 25.3 Å². The van der Waals surface area contributed by atoms with Gasteiger partial charge >= 0.3 is 0 Å². The van der Waals surface area contributed by atoms with E-state index in [1.54, 1.807) is 0 Å². The van der Waals surface area contributed by atoms with E-state index in [-0.39, 0.29) is 0 Å². The van der Waals surface area contributed by atoms with Crippen LogP contribution in [-0.4, -0.2) is 22.6 Å². The molecular formula is C12H14BrN3O. The van der Waals surface area contributed by atoms with Crippen molar-refractivity contribution < 1.29 is 4.74 Å². The molecular weight excluding hydrogens is 282 g/mol. The van der Waals surface area contributed by atoms with Crippen LogP contribution in [0.5, 0.6) is 0 Å². The van der Waals surface area contributed by atoms with Crippen LogP contribution in [-0.2, 0) is 4.74 Å². The van der Waals surface area contributed by atoms with Gasteiger partial charge in [-0.15, -0.1) is 0 Å². The number of nitrogens with two attached hydrogens (primary N) is 1. The van der Waals surface area contributed by atoms with Gasteiger partial charge in [-0.25, -0.2) is 4.98 Å². The molecule has 5 heteroatoms. The molecule has 0 aliphatic carbocycles. The minimum atomic E-state index is 0.462. The van der Waals surface area contributed by atoms with Crippen LogP contribution in [0.3, 0.4) is 0 Å². The summed E-state index contributed by atoms with van der Waals surface area (Å²) in [5, 5.41) is 0. The molecule has 2 aromatic rings. The largest absolute Gasteiger partial charge is 0.397 e. The van der Waals surface area contributed by atoms with Crippen molar-refractivity contribution in [2.45, 2.75) is 18.8 Å². The molecule has 0 bridgehead atoms. The summed E-state index contributed by atoms with van der Waals surface area (Å²) < 4.78 is 8.31. The Bertz CT molecular complexity index is 546. The SMILES string of the molecule is Nc1cccn2c(C3CCOCC3)nc(Br)c12. The summed E-state index contributed by atoms with van der Waals surface area (Å²) in [6, 6.07) is 3.86. The number of hydrogen-bond acceptors (Lipinski definition) is 3. The van der Waals surface area contributed by atoms with Crippen LogP contribution >= 0.6 is 15.9 Å². The number of hydrogen-bond donors (Lipinski definition) is 1. The zero-order valence-corrected chi connectivity index (χ0v) is 11.0. The third-order valence-electron chi connectivity index (χ3n) is 3.27. The number of anilines is 1. The molecule has 4 nitrogen and oxygen atoms in total. The average molecular weight is 296 g/mol. The van der Waals surface area contributed by atoms with Crippen LogP contribution in [0.2, 0.25) is 0 Å². The predicted molar refractivity (Wildman–Crippen MR) is 70.1 cm³/mol. The highest BCUT2D eigenvalue weighted by atomic mass is 79.9. The van der Waals surface area contributed by atoms with Gasteiger partial charge in [0.1, 0.15) is 15.9 Å². The Kier molecular flexibility index (Phi) is 2.80. The highest BCUT2D eigenvalue weighted by Gasteiger charge is 2.22. The maximum Gasteiger partial charge on any atom is 0.134 e.